The van der Waals surface area contributed by atoms with E-state index in [4.69, 9.17) is 4.52 Å². The van der Waals surface area contributed by atoms with Crippen LogP contribution in [0.1, 0.15) is 38.5 Å². The van der Waals surface area contributed by atoms with E-state index in [1.54, 1.807) is 0 Å². The summed E-state index contributed by atoms with van der Waals surface area (Å²) >= 11 is 0. The van der Waals surface area contributed by atoms with Crippen LogP contribution in [0.2, 0.25) is 0 Å². The molecule has 0 bridgehead atoms. The third-order valence-corrected chi connectivity index (χ3v) is 4.17. The summed E-state index contributed by atoms with van der Waals surface area (Å²) in [6, 6.07) is 0.463. The Hall–Kier alpha value is -1.36. The maximum Gasteiger partial charge on any atom is 0.241 e. The van der Waals surface area contributed by atoms with Gasteiger partial charge in [-0.25, -0.2) is 0 Å². The lowest BCUT2D eigenvalue weighted by Crippen LogP contribution is -2.53. The van der Waals surface area contributed by atoms with Crippen LogP contribution in [-0.4, -0.2) is 23.1 Å². The second-order valence-corrected chi connectivity index (χ2v) is 5.35. The molecule has 18 heavy (non-hydrogen) atoms. The van der Waals surface area contributed by atoms with Crippen LogP contribution < -0.4 is 10.6 Å². The van der Waals surface area contributed by atoms with Crippen molar-refractivity contribution in [2.75, 3.05) is 5.32 Å². The van der Waals surface area contributed by atoms with Crippen LogP contribution in [0.5, 0.6) is 0 Å². The molecule has 1 amide bonds. The summed E-state index contributed by atoms with van der Waals surface area (Å²) in [5.41, 5.74) is 0.632. The first-order valence-corrected chi connectivity index (χ1v) is 6.79. The van der Waals surface area contributed by atoms with E-state index in [0.29, 0.717) is 11.7 Å². The Morgan fingerprint density at radius 1 is 1.33 bits per heavy atom. The summed E-state index contributed by atoms with van der Waals surface area (Å²) in [6.45, 7) is 0. The smallest absolute Gasteiger partial charge is 0.241 e. The number of aromatic nitrogens is 1. The number of hydrogen-bond donors (Lipinski definition) is 2. The minimum Gasteiger partial charge on any atom is -0.363 e. The summed E-state index contributed by atoms with van der Waals surface area (Å²) in [7, 11) is 0. The van der Waals surface area contributed by atoms with Crippen molar-refractivity contribution in [3.63, 3.8) is 0 Å². The highest BCUT2D eigenvalue weighted by molar-refractivity contribution is 5.94. The molecule has 2 fully saturated rings. The Balaban J connectivity index is 1.58. The maximum atomic E-state index is 12.1. The Bertz CT molecular complexity index is 404. The first-order valence-electron chi connectivity index (χ1n) is 6.79. The van der Waals surface area contributed by atoms with Gasteiger partial charge >= 0.3 is 0 Å². The molecule has 98 valence electrons. The van der Waals surface area contributed by atoms with E-state index in [0.717, 1.165) is 12.3 Å². The number of anilines is 1. The molecule has 1 saturated carbocycles. The minimum atomic E-state index is -0.0701. The average Bonchev–Trinajstić information content (AvgIpc) is 2.91. The van der Waals surface area contributed by atoms with Crippen LogP contribution in [0.25, 0.3) is 0 Å². The summed E-state index contributed by atoms with van der Waals surface area (Å²) in [4.78, 5) is 12.1. The van der Waals surface area contributed by atoms with Crippen molar-refractivity contribution < 1.29 is 9.32 Å². The van der Waals surface area contributed by atoms with Gasteiger partial charge in [-0.15, -0.1) is 0 Å². The number of fused-ring (bicyclic) bond motifs is 1. The molecule has 1 saturated heterocycles. The van der Waals surface area contributed by atoms with Gasteiger partial charge in [0.15, 0.2) is 0 Å². The lowest BCUT2D eigenvalue weighted by molar-refractivity contribution is -0.119. The van der Waals surface area contributed by atoms with Crippen molar-refractivity contribution in [1.82, 2.24) is 10.5 Å². The maximum absolute atomic E-state index is 12.1. The predicted molar refractivity (Wildman–Crippen MR) is 67.0 cm³/mol. The third kappa shape index (κ3) is 2.41. The molecule has 3 atom stereocenters. The number of carbonyl (C=O) groups is 1. The summed E-state index contributed by atoms with van der Waals surface area (Å²) in [5, 5.41) is 9.91. The molecule has 5 nitrogen and oxygen atoms in total. The molecule has 1 aromatic heterocycles. The first-order chi connectivity index (χ1) is 8.83. The topological polar surface area (TPSA) is 67.2 Å². The van der Waals surface area contributed by atoms with E-state index in [1.807, 2.05) is 0 Å². The fraction of sp³-hybridized carbons (Fsp3) is 0.692. The quantitative estimate of drug-likeness (QED) is 0.840. The van der Waals surface area contributed by atoms with Gasteiger partial charge in [0.2, 0.25) is 5.91 Å². The van der Waals surface area contributed by atoms with Gasteiger partial charge in [-0.05, 0) is 31.6 Å². The van der Waals surface area contributed by atoms with Crippen molar-refractivity contribution in [2.45, 2.75) is 50.6 Å². The number of nitrogens with zero attached hydrogens (tertiary/aromatic N) is 1. The van der Waals surface area contributed by atoms with E-state index in [-0.39, 0.29) is 11.9 Å². The second-order valence-electron chi connectivity index (χ2n) is 5.35. The third-order valence-electron chi connectivity index (χ3n) is 4.17. The number of amides is 1. The van der Waals surface area contributed by atoms with Crippen LogP contribution in [0.4, 0.5) is 5.69 Å². The monoisotopic (exact) mass is 249 g/mol. The van der Waals surface area contributed by atoms with Crippen molar-refractivity contribution in [1.29, 1.82) is 0 Å². The highest BCUT2D eigenvalue weighted by atomic mass is 16.5. The van der Waals surface area contributed by atoms with Gasteiger partial charge in [0, 0.05) is 6.04 Å². The molecule has 0 radical (unpaired) electrons. The van der Waals surface area contributed by atoms with Gasteiger partial charge in [0.05, 0.1) is 12.2 Å². The standard InChI is InChI=1S/C13H19N3O2/c17-13(15-10-7-14-18-8-10)12-6-5-9-3-1-2-4-11(9)16-12/h7-9,11-12,16H,1-6H2,(H,15,17). The van der Waals surface area contributed by atoms with Crippen LogP contribution in [0, 0.1) is 5.92 Å². The molecule has 5 heteroatoms. The lowest BCUT2D eigenvalue weighted by Gasteiger charge is -2.39. The SMILES string of the molecule is O=C(Nc1cnoc1)C1CCC2CCCCC2N1. The van der Waals surface area contributed by atoms with Crippen LogP contribution in [-0.2, 0) is 4.79 Å². The lowest BCUT2D eigenvalue weighted by atomic mass is 9.77. The number of hydrogen-bond acceptors (Lipinski definition) is 4. The van der Waals surface area contributed by atoms with Gasteiger partial charge in [0.1, 0.15) is 12.0 Å². The van der Waals surface area contributed by atoms with E-state index < -0.39 is 0 Å². The minimum absolute atomic E-state index is 0.0298. The average molecular weight is 249 g/mol. The molecule has 2 N–H and O–H groups in total. The van der Waals surface area contributed by atoms with Gasteiger partial charge in [-0.3, -0.25) is 4.79 Å². The van der Waals surface area contributed by atoms with E-state index in [1.165, 1.54) is 44.6 Å². The van der Waals surface area contributed by atoms with Crippen molar-refractivity contribution in [2.24, 2.45) is 5.92 Å². The zero-order valence-corrected chi connectivity index (χ0v) is 10.4. The molecule has 3 unspecified atom stereocenters. The van der Waals surface area contributed by atoms with Crippen molar-refractivity contribution in [3.8, 4) is 0 Å². The van der Waals surface area contributed by atoms with E-state index in [9.17, 15) is 4.79 Å². The van der Waals surface area contributed by atoms with Gasteiger partial charge in [-0.2, -0.15) is 0 Å². The van der Waals surface area contributed by atoms with E-state index >= 15 is 0 Å². The van der Waals surface area contributed by atoms with Crippen LogP contribution in [0.15, 0.2) is 17.0 Å². The fourth-order valence-electron chi connectivity index (χ4n) is 3.20. The highest BCUT2D eigenvalue weighted by Gasteiger charge is 2.34. The number of nitrogens with one attached hydrogen (secondary N) is 2. The number of piperidine rings is 1. The van der Waals surface area contributed by atoms with Gasteiger partial charge in [0.25, 0.3) is 0 Å². The van der Waals surface area contributed by atoms with E-state index in [2.05, 4.69) is 15.8 Å². The molecular weight excluding hydrogens is 230 g/mol. The molecule has 3 rings (SSSR count). The number of carbonyl (C=O) groups excluding carboxylic acids is 1. The Morgan fingerprint density at radius 2 is 2.22 bits per heavy atom. The van der Waals surface area contributed by atoms with Crippen molar-refractivity contribution in [3.05, 3.63) is 12.5 Å². The molecule has 0 aromatic carbocycles. The second kappa shape index (κ2) is 5.10. The molecule has 2 heterocycles. The molecule has 1 aliphatic heterocycles. The highest BCUT2D eigenvalue weighted by Crippen LogP contribution is 2.32. The summed E-state index contributed by atoms with van der Waals surface area (Å²) in [6.07, 6.45) is 10.2. The fourth-order valence-corrected chi connectivity index (χ4v) is 3.20. The van der Waals surface area contributed by atoms with Gasteiger partial charge < -0.3 is 15.2 Å². The molecule has 1 aliphatic carbocycles. The molecular formula is C13H19N3O2. The van der Waals surface area contributed by atoms with Crippen LogP contribution in [0.3, 0.4) is 0 Å². The summed E-state index contributed by atoms with van der Waals surface area (Å²) < 4.78 is 4.70. The van der Waals surface area contributed by atoms with Crippen molar-refractivity contribution >= 4 is 11.6 Å². The molecule has 0 spiro atoms. The Labute approximate surface area is 106 Å². The normalized spacial score (nSPS) is 31.7. The zero-order valence-electron chi connectivity index (χ0n) is 10.4. The van der Waals surface area contributed by atoms with Crippen LogP contribution >= 0.6 is 0 Å². The largest absolute Gasteiger partial charge is 0.363 e. The Morgan fingerprint density at radius 3 is 3.06 bits per heavy atom. The predicted octanol–water partition coefficient (Wildman–Crippen LogP) is 1.92. The number of rotatable bonds is 2. The first kappa shape index (κ1) is 11.7. The zero-order chi connectivity index (χ0) is 12.4. The molecule has 2 aliphatic rings. The van der Waals surface area contributed by atoms with Gasteiger partial charge in [-0.1, -0.05) is 18.0 Å². The molecule has 1 aromatic rings. The summed E-state index contributed by atoms with van der Waals surface area (Å²) in [5.74, 6) is 0.806. The Kier molecular flexibility index (Phi) is 3.32.